The molecule has 0 amide bonds. The van der Waals surface area contributed by atoms with E-state index in [1.807, 2.05) is 36.4 Å². The van der Waals surface area contributed by atoms with E-state index in [1.165, 1.54) is 5.56 Å². The summed E-state index contributed by atoms with van der Waals surface area (Å²) >= 11 is 11.7. The van der Waals surface area contributed by atoms with Gasteiger partial charge >= 0.3 is 0 Å². The Balaban J connectivity index is 2.10. The lowest BCUT2D eigenvalue weighted by Crippen LogP contribution is -2.01. The Bertz CT molecular complexity index is 531. The highest BCUT2D eigenvalue weighted by molar-refractivity contribution is 14.1. The van der Waals surface area contributed by atoms with Crippen LogP contribution < -0.4 is 5.32 Å². The molecule has 1 N–H and O–H groups in total. The zero-order valence-electron chi connectivity index (χ0n) is 8.88. The largest absolute Gasteiger partial charge is 0.380 e. The molecule has 0 spiro atoms. The summed E-state index contributed by atoms with van der Waals surface area (Å²) in [4.78, 5) is 0. The van der Waals surface area contributed by atoms with Crippen LogP contribution in [0.15, 0.2) is 46.9 Å². The van der Waals surface area contributed by atoms with Gasteiger partial charge in [0, 0.05) is 25.3 Å². The average Bonchev–Trinajstić information content (AvgIpc) is 2.30. The van der Waals surface area contributed by atoms with Crippen LogP contribution in [0.2, 0.25) is 5.02 Å². The van der Waals surface area contributed by atoms with E-state index in [0.717, 1.165) is 25.3 Å². The van der Waals surface area contributed by atoms with Crippen LogP contribution in [0, 0.1) is 3.57 Å². The van der Waals surface area contributed by atoms with Gasteiger partial charge in [-0.2, -0.15) is 0 Å². The van der Waals surface area contributed by atoms with E-state index in [4.69, 9.17) is 11.6 Å². The smallest absolute Gasteiger partial charge is 0.0479 e. The molecule has 0 heterocycles. The number of nitrogens with one attached hydrogen (secondary N) is 1. The first kappa shape index (κ1) is 13.2. The second-order valence-electron chi connectivity index (χ2n) is 3.57. The highest BCUT2D eigenvalue weighted by Gasteiger charge is 2.02. The van der Waals surface area contributed by atoms with E-state index in [1.54, 1.807) is 0 Å². The van der Waals surface area contributed by atoms with Crippen molar-refractivity contribution in [2.45, 2.75) is 6.54 Å². The summed E-state index contributed by atoms with van der Waals surface area (Å²) in [6.45, 7) is 0.791. The van der Waals surface area contributed by atoms with Crippen molar-refractivity contribution in [3.05, 3.63) is 61.1 Å². The highest BCUT2D eigenvalue weighted by Crippen LogP contribution is 2.24. The predicted molar refractivity (Wildman–Crippen MR) is 85.6 cm³/mol. The number of hydrogen-bond donors (Lipinski definition) is 1. The van der Waals surface area contributed by atoms with Crippen molar-refractivity contribution in [1.82, 2.24) is 0 Å². The summed E-state index contributed by atoms with van der Waals surface area (Å²) in [5.74, 6) is 0. The molecule has 0 aliphatic carbocycles. The Kier molecular flexibility index (Phi) is 4.70. The topological polar surface area (TPSA) is 12.0 Å². The van der Waals surface area contributed by atoms with E-state index >= 15 is 0 Å². The molecule has 0 fully saturated rings. The normalized spacial score (nSPS) is 10.3. The van der Waals surface area contributed by atoms with Gasteiger partial charge < -0.3 is 5.32 Å². The van der Waals surface area contributed by atoms with Crippen molar-refractivity contribution >= 4 is 55.8 Å². The van der Waals surface area contributed by atoms with Gasteiger partial charge in [-0.1, -0.05) is 45.7 Å². The molecule has 0 bridgehead atoms. The molecule has 0 radical (unpaired) electrons. The fourth-order valence-electron chi connectivity index (χ4n) is 1.47. The van der Waals surface area contributed by atoms with Crippen LogP contribution in [0.5, 0.6) is 0 Å². The average molecular weight is 422 g/mol. The fraction of sp³-hybridized carbons (Fsp3) is 0.0769. The number of rotatable bonds is 3. The summed E-state index contributed by atoms with van der Waals surface area (Å²) < 4.78 is 2.25. The molecule has 2 rings (SSSR count). The lowest BCUT2D eigenvalue weighted by Gasteiger charge is -2.10. The molecule has 0 unspecified atom stereocenters. The standard InChI is InChI=1S/C13H10BrClIN/c14-11-4-2-1-3-9(11)8-17-13-6-5-10(15)7-12(13)16/h1-7,17H,8H2. The maximum Gasteiger partial charge on any atom is 0.0479 e. The van der Waals surface area contributed by atoms with Crippen LogP contribution in [0.3, 0.4) is 0 Å². The van der Waals surface area contributed by atoms with E-state index < -0.39 is 0 Å². The Labute approximate surface area is 128 Å². The highest BCUT2D eigenvalue weighted by atomic mass is 127. The van der Waals surface area contributed by atoms with Crippen molar-refractivity contribution in [2.24, 2.45) is 0 Å². The zero-order valence-corrected chi connectivity index (χ0v) is 13.4. The Hall–Kier alpha value is -0.260. The molecule has 17 heavy (non-hydrogen) atoms. The minimum Gasteiger partial charge on any atom is -0.380 e. The molecule has 0 saturated carbocycles. The number of benzene rings is 2. The van der Waals surface area contributed by atoms with Gasteiger partial charge in [-0.3, -0.25) is 0 Å². The summed E-state index contributed by atoms with van der Waals surface area (Å²) in [5, 5.41) is 4.17. The Morgan fingerprint density at radius 2 is 1.94 bits per heavy atom. The fourth-order valence-corrected chi connectivity index (χ4v) is 2.95. The number of anilines is 1. The third kappa shape index (κ3) is 3.60. The van der Waals surface area contributed by atoms with Gasteiger partial charge in [-0.25, -0.2) is 0 Å². The first-order valence-corrected chi connectivity index (χ1v) is 7.34. The van der Waals surface area contributed by atoms with Gasteiger partial charge in [0.2, 0.25) is 0 Å². The van der Waals surface area contributed by atoms with Crippen LogP contribution in [0.1, 0.15) is 5.56 Å². The lowest BCUT2D eigenvalue weighted by atomic mass is 10.2. The number of halogens is 3. The Morgan fingerprint density at radius 1 is 1.18 bits per heavy atom. The van der Waals surface area contributed by atoms with E-state index in [2.05, 4.69) is 49.9 Å². The van der Waals surface area contributed by atoms with E-state index in [0.29, 0.717) is 0 Å². The van der Waals surface area contributed by atoms with Crippen molar-refractivity contribution in [3.8, 4) is 0 Å². The molecule has 4 heteroatoms. The maximum atomic E-state index is 5.92. The second kappa shape index (κ2) is 6.07. The third-order valence-electron chi connectivity index (χ3n) is 2.36. The molecular formula is C13H10BrClIN. The van der Waals surface area contributed by atoms with Crippen molar-refractivity contribution in [3.63, 3.8) is 0 Å². The minimum absolute atomic E-state index is 0.765. The van der Waals surface area contributed by atoms with Crippen molar-refractivity contribution < 1.29 is 0 Å². The molecular weight excluding hydrogens is 412 g/mol. The predicted octanol–water partition coefficient (Wildman–Crippen LogP) is 5.32. The van der Waals surface area contributed by atoms with Gasteiger partial charge in [0.05, 0.1) is 0 Å². The van der Waals surface area contributed by atoms with Gasteiger partial charge in [0.25, 0.3) is 0 Å². The first-order chi connectivity index (χ1) is 8.16. The van der Waals surface area contributed by atoms with Crippen LogP contribution >= 0.6 is 50.1 Å². The van der Waals surface area contributed by atoms with Crippen LogP contribution in [-0.4, -0.2) is 0 Å². The molecule has 2 aromatic rings. The second-order valence-corrected chi connectivity index (χ2v) is 6.02. The summed E-state index contributed by atoms with van der Waals surface area (Å²) in [6, 6.07) is 14.0. The molecule has 1 nitrogen and oxygen atoms in total. The maximum absolute atomic E-state index is 5.92. The lowest BCUT2D eigenvalue weighted by molar-refractivity contribution is 1.13. The zero-order chi connectivity index (χ0) is 12.3. The van der Waals surface area contributed by atoms with Gasteiger partial charge in [0.15, 0.2) is 0 Å². The van der Waals surface area contributed by atoms with Gasteiger partial charge in [-0.05, 0) is 52.4 Å². The molecule has 0 saturated heterocycles. The first-order valence-electron chi connectivity index (χ1n) is 5.09. The van der Waals surface area contributed by atoms with E-state index in [-0.39, 0.29) is 0 Å². The quantitative estimate of drug-likeness (QED) is 0.661. The molecule has 0 atom stereocenters. The SMILES string of the molecule is Clc1ccc(NCc2ccccc2Br)c(I)c1. The molecule has 2 aromatic carbocycles. The summed E-state index contributed by atoms with van der Waals surface area (Å²) in [6.07, 6.45) is 0. The molecule has 88 valence electrons. The van der Waals surface area contributed by atoms with Crippen molar-refractivity contribution in [2.75, 3.05) is 5.32 Å². The van der Waals surface area contributed by atoms with Crippen LogP contribution in [0.25, 0.3) is 0 Å². The third-order valence-corrected chi connectivity index (χ3v) is 4.26. The molecule has 0 aromatic heterocycles. The molecule has 0 aliphatic heterocycles. The molecule has 0 aliphatic rings. The summed E-state index contributed by atoms with van der Waals surface area (Å²) in [7, 11) is 0. The van der Waals surface area contributed by atoms with E-state index in [9.17, 15) is 0 Å². The Morgan fingerprint density at radius 3 is 2.65 bits per heavy atom. The van der Waals surface area contributed by atoms with Gasteiger partial charge in [0.1, 0.15) is 0 Å². The monoisotopic (exact) mass is 421 g/mol. The number of hydrogen-bond acceptors (Lipinski definition) is 1. The van der Waals surface area contributed by atoms with Crippen molar-refractivity contribution in [1.29, 1.82) is 0 Å². The van der Waals surface area contributed by atoms with Gasteiger partial charge in [-0.15, -0.1) is 0 Å². The minimum atomic E-state index is 0.765. The summed E-state index contributed by atoms with van der Waals surface area (Å²) in [5.41, 5.74) is 2.34. The van der Waals surface area contributed by atoms with Crippen LogP contribution in [0.4, 0.5) is 5.69 Å². The van der Waals surface area contributed by atoms with Crippen LogP contribution in [-0.2, 0) is 6.54 Å².